The van der Waals surface area contributed by atoms with Crippen molar-refractivity contribution in [1.29, 1.82) is 0 Å². The van der Waals surface area contributed by atoms with E-state index in [0.29, 0.717) is 5.75 Å². The smallest absolute Gasteiger partial charge is 0.129 e. The Bertz CT molecular complexity index is 159. The maximum atomic E-state index is 10.8. The van der Waals surface area contributed by atoms with Gasteiger partial charge in [0.15, 0.2) is 0 Å². The number of rotatable bonds is 2. The molecule has 0 saturated heterocycles. The number of nitrogens with zero attached hydrogens (tertiary/aromatic N) is 1. The normalized spacial score (nSPS) is 17.4. The highest BCUT2D eigenvalue weighted by molar-refractivity contribution is 8.15. The second-order valence-electron chi connectivity index (χ2n) is 1.45. The van der Waals surface area contributed by atoms with E-state index in [2.05, 4.69) is 4.36 Å². The van der Waals surface area contributed by atoms with Crippen LogP contribution >= 0.6 is 10.7 Å². The maximum Gasteiger partial charge on any atom is 0.129 e. The molecule has 0 aromatic heterocycles. The molecule has 0 aliphatic carbocycles. The van der Waals surface area contributed by atoms with Gasteiger partial charge < -0.3 is 0 Å². The Morgan fingerprint density at radius 1 is 1.75 bits per heavy atom. The summed E-state index contributed by atoms with van der Waals surface area (Å²) < 4.78 is 14.3. The highest BCUT2D eigenvalue weighted by Gasteiger charge is 1.97. The fourth-order valence-corrected chi connectivity index (χ4v) is 1.49. The Kier molecular flexibility index (Phi) is 3.40. The van der Waals surface area contributed by atoms with E-state index in [9.17, 15) is 4.21 Å². The Morgan fingerprint density at radius 3 is 2.38 bits per heavy atom. The molecule has 0 aromatic carbocycles. The molecular weight excluding hydrogens is 146 g/mol. The zero-order valence-corrected chi connectivity index (χ0v) is 6.63. The average Bonchev–Trinajstić information content (AvgIpc) is 1.67. The highest BCUT2D eigenvalue weighted by Crippen LogP contribution is 2.02. The van der Waals surface area contributed by atoms with E-state index in [1.54, 1.807) is 0 Å². The first-order valence-corrected chi connectivity index (χ1v) is 4.96. The lowest BCUT2D eigenvalue weighted by Crippen LogP contribution is -1.93. The maximum absolute atomic E-state index is 10.8. The van der Waals surface area contributed by atoms with Crippen LogP contribution in [0.5, 0.6) is 0 Å². The van der Waals surface area contributed by atoms with Gasteiger partial charge in [-0.3, -0.25) is 0 Å². The van der Waals surface area contributed by atoms with Gasteiger partial charge in [-0.25, -0.2) is 8.57 Å². The number of hydrogen-bond donors (Lipinski definition) is 0. The summed E-state index contributed by atoms with van der Waals surface area (Å²) in [5, 5.41) is 0. The molecular formula is C4H10ClNOS. The van der Waals surface area contributed by atoms with E-state index in [1.165, 1.54) is 7.05 Å². The first kappa shape index (κ1) is 8.24. The standard InChI is InChI=1S/C4H10ClNOS/c1-3-4-8(5,7)6-2/h3-4H2,1-2H3. The van der Waals surface area contributed by atoms with Gasteiger partial charge >= 0.3 is 0 Å². The van der Waals surface area contributed by atoms with Crippen LogP contribution in [0.25, 0.3) is 0 Å². The first-order valence-electron chi connectivity index (χ1n) is 2.45. The van der Waals surface area contributed by atoms with Crippen molar-refractivity contribution in [3.8, 4) is 0 Å². The van der Waals surface area contributed by atoms with Crippen LogP contribution in [0.4, 0.5) is 0 Å². The van der Waals surface area contributed by atoms with Gasteiger partial charge in [-0.05, 0) is 17.1 Å². The summed E-state index contributed by atoms with van der Waals surface area (Å²) in [6, 6.07) is 0. The predicted molar refractivity (Wildman–Crippen MR) is 37.5 cm³/mol. The number of hydrogen-bond acceptors (Lipinski definition) is 2. The Morgan fingerprint density at radius 2 is 2.25 bits per heavy atom. The Labute approximate surface area is 54.9 Å². The second kappa shape index (κ2) is 3.30. The van der Waals surface area contributed by atoms with Gasteiger partial charge in [0.1, 0.15) is 8.94 Å². The lowest BCUT2D eigenvalue weighted by atomic mass is 10.6. The van der Waals surface area contributed by atoms with E-state index in [1.807, 2.05) is 6.92 Å². The van der Waals surface area contributed by atoms with Gasteiger partial charge in [-0.1, -0.05) is 6.92 Å². The van der Waals surface area contributed by atoms with Crippen LogP contribution < -0.4 is 0 Å². The monoisotopic (exact) mass is 155 g/mol. The van der Waals surface area contributed by atoms with Crippen LogP contribution in [-0.2, 0) is 8.94 Å². The van der Waals surface area contributed by atoms with Crippen molar-refractivity contribution < 1.29 is 4.21 Å². The van der Waals surface area contributed by atoms with E-state index in [0.717, 1.165) is 6.42 Å². The molecule has 0 bridgehead atoms. The van der Waals surface area contributed by atoms with Gasteiger partial charge in [0, 0.05) is 12.8 Å². The van der Waals surface area contributed by atoms with Crippen molar-refractivity contribution >= 4 is 19.6 Å². The molecule has 0 N–H and O–H groups in total. The minimum Gasteiger partial charge on any atom is -0.234 e. The molecule has 0 aliphatic heterocycles. The first-order chi connectivity index (χ1) is 3.62. The van der Waals surface area contributed by atoms with Crippen LogP contribution in [0, 0.1) is 0 Å². The fourth-order valence-electron chi connectivity index (χ4n) is 0.343. The molecule has 0 saturated carbocycles. The molecule has 4 heteroatoms. The molecule has 0 aromatic rings. The SMILES string of the molecule is CCCS(=O)(Cl)=NC. The third kappa shape index (κ3) is 3.27. The quantitative estimate of drug-likeness (QED) is 0.558. The second-order valence-corrected chi connectivity index (χ2v) is 4.79. The van der Waals surface area contributed by atoms with Gasteiger partial charge in [0.05, 0.1) is 0 Å². The number of halogens is 1. The van der Waals surface area contributed by atoms with Crippen LogP contribution in [0.1, 0.15) is 13.3 Å². The molecule has 2 nitrogen and oxygen atoms in total. The minimum absolute atomic E-state index is 0.491. The van der Waals surface area contributed by atoms with Crippen LogP contribution in [0.15, 0.2) is 4.36 Å². The highest BCUT2D eigenvalue weighted by atomic mass is 35.7. The third-order valence-electron chi connectivity index (χ3n) is 0.729. The topological polar surface area (TPSA) is 29.4 Å². The third-order valence-corrected chi connectivity index (χ3v) is 3.06. The molecule has 0 amide bonds. The van der Waals surface area contributed by atoms with Crippen LogP contribution in [0.2, 0.25) is 0 Å². The summed E-state index contributed by atoms with van der Waals surface area (Å²) >= 11 is 0. The predicted octanol–water partition coefficient (Wildman–Crippen LogP) is 1.65. The molecule has 1 unspecified atom stereocenters. The average molecular weight is 156 g/mol. The van der Waals surface area contributed by atoms with Crippen LogP contribution in [-0.4, -0.2) is 17.0 Å². The summed E-state index contributed by atoms with van der Waals surface area (Å²) in [6.45, 7) is 1.92. The van der Waals surface area contributed by atoms with E-state index in [4.69, 9.17) is 10.7 Å². The molecule has 0 fully saturated rings. The minimum atomic E-state index is -2.32. The van der Waals surface area contributed by atoms with Crippen molar-refractivity contribution in [3.63, 3.8) is 0 Å². The van der Waals surface area contributed by atoms with Crippen molar-refractivity contribution in [2.24, 2.45) is 4.36 Å². The summed E-state index contributed by atoms with van der Waals surface area (Å²) in [5.41, 5.74) is 0. The largest absolute Gasteiger partial charge is 0.234 e. The van der Waals surface area contributed by atoms with Crippen LogP contribution in [0.3, 0.4) is 0 Å². The molecule has 0 spiro atoms. The summed E-state index contributed by atoms with van der Waals surface area (Å²) in [7, 11) is 4.54. The van der Waals surface area contributed by atoms with Gasteiger partial charge in [-0.15, -0.1) is 0 Å². The lowest BCUT2D eigenvalue weighted by Gasteiger charge is -1.92. The molecule has 0 radical (unpaired) electrons. The zero-order chi connectivity index (χ0) is 6.62. The van der Waals surface area contributed by atoms with Gasteiger partial charge in [0.2, 0.25) is 0 Å². The van der Waals surface area contributed by atoms with Gasteiger partial charge in [-0.2, -0.15) is 0 Å². The van der Waals surface area contributed by atoms with Crippen molar-refractivity contribution in [2.75, 3.05) is 12.8 Å². The molecule has 0 heterocycles. The Hall–Kier alpha value is 0.240. The van der Waals surface area contributed by atoms with Crippen molar-refractivity contribution in [1.82, 2.24) is 0 Å². The molecule has 0 rings (SSSR count). The molecule has 50 valence electrons. The molecule has 1 atom stereocenters. The van der Waals surface area contributed by atoms with Crippen molar-refractivity contribution in [3.05, 3.63) is 0 Å². The lowest BCUT2D eigenvalue weighted by molar-refractivity contribution is 0.684. The van der Waals surface area contributed by atoms with E-state index >= 15 is 0 Å². The van der Waals surface area contributed by atoms with E-state index in [-0.39, 0.29) is 0 Å². The van der Waals surface area contributed by atoms with Gasteiger partial charge in [0.25, 0.3) is 0 Å². The Balaban J connectivity index is 3.96. The summed E-state index contributed by atoms with van der Waals surface area (Å²) in [4.78, 5) is 0. The molecule has 0 aliphatic rings. The molecule has 8 heavy (non-hydrogen) atoms. The summed E-state index contributed by atoms with van der Waals surface area (Å²) in [6.07, 6.45) is 0.819. The fraction of sp³-hybridized carbons (Fsp3) is 1.00. The van der Waals surface area contributed by atoms with E-state index < -0.39 is 8.94 Å². The summed E-state index contributed by atoms with van der Waals surface area (Å²) in [5.74, 6) is 0.491. The zero-order valence-electron chi connectivity index (χ0n) is 5.06. The van der Waals surface area contributed by atoms with Crippen molar-refractivity contribution in [2.45, 2.75) is 13.3 Å².